The number of nitrogens with one attached hydrogen (secondary N) is 3. The summed E-state index contributed by atoms with van der Waals surface area (Å²) in [6.07, 6.45) is 3.09. The van der Waals surface area contributed by atoms with E-state index in [4.69, 9.17) is 4.74 Å². The molecule has 2 aromatic rings. The van der Waals surface area contributed by atoms with Crippen LogP contribution in [0.2, 0.25) is 0 Å². The Hall–Kier alpha value is -3.52. The van der Waals surface area contributed by atoms with E-state index in [9.17, 15) is 19.2 Å². The molecule has 0 saturated carbocycles. The van der Waals surface area contributed by atoms with Crippen molar-refractivity contribution in [2.75, 3.05) is 13.7 Å². The van der Waals surface area contributed by atoms with Crippen LogP contribution in [0, 0.1) is 11.8 Å². The second kappa shape index (κ2) is 18.8. The van der Waals surface area contributed by atoms with Crippen LogP contribution in [-0.2, 0) is 36.8 Å². The molecule has 230 valence electrons. The summed E-state index contributed by atoms with van der Waals surface area (Å²) in [7, 11) is 1.53. The van der Waals surface area contributed by atoms with Crippen LogP contribution in [0.15, 0.2) is 60.7 Å². The SMILES string of the molecule is COCCC(=O)[C@H](CC(C)C)NC(=O)[C@@H](Cc1ccccc1)NC(=O)[C@H](CC(C)C)NC(=O)CCCc1ccccc1. The van der Waals surface area contributed by atoms with Crippen LogP contribution in [0.4, 0.5) is 0 Å². The zero-order chi connectivity index (χ0) is 30.9. The van der Waals surface area contributed by atoms with Gasteiger partial charge in [0.2, 0.25) is 17.7 Å². The number of methoxy groups -OCH3 is 1. The Labute approximate surface area is 251 Å². The first kappa shape index (κ1) is 34.7. The quantitative estimate of drug-likeness (QED) is 0.228. The van der Waals surface area contributed by atoms with Crippen molar-refractivity contribution < 1.29 is 23.9 Å². The average molecular weight is 580 g/mol. The number of Topliss-reactive ketones (excluding diaryl/α,β-unsaturated/α-hetero) is 1. The Balaban J connectivity index is 2.15. The fraction of sp³-hybridized carbons (Fsp3) is 0.529. The molecule has 42 heavy (non-hydrogen) atoms. The van der Waals surface area contributed by atoms with E-state index in [0.717, 1.165) is 17.5 Å². The molecule has 0 spiro atoms. The van der Waals surface area contributed by atoms with Crippen molar-refractivity contribution in [3.05, 3.63) is 71.8 Å². The highest BCUT2D eigenvalue weighted by atomic mass is 16.5. The third-order valence-corrected chi connectivity index (χ3v) is 6.95. The molecular weight excluding hydrogens is 530 g/mol. The van der Waals surface area contributed by atoms with Gasteiger partial charge in [-0.05, 0) is 48.6 Å². The molecule has 3 atom stereocenters. The molecule has 0 radical (unpaired) electrons. The summed E-state index contributed by atoms with van der Waals surface area (Å²) in [5, 5.41) is 8.70. The maximum absolute atomic E-state index is 13.6. The molecule has 0 heterocycles. The minimum atomic E-state index is -0.922. The second-order valence-electron chi connectivity index (χ2n) is 11.7. The second-order valence-corrected chi connectivity index (χ2v) is 11.7. The monoisotopic (exact) mass is 579 g/mol. The van der Waals surface area contributed by atoms with Crippen LogP contribution in [0.25, 0.3) is 0 Å². The van der Waals surface area contributed by atoms with Crippen molar-refractivity contribution in [2.45, 2.75) is 90.8 Å². The van der Waals surface area contributed by atoms with E-state index in [0.29, 0.717) is 25.7 Å². The third kappa shape index (κ3) is 13.4. The Morgan fingerprint density at radius 1 is 0.667 bits per heavy atom. The maximum Gasteiger partial charge on any atom is 0.243 e. The zero-order valence-electron chi connectivity index (χ0n) is 25.9. The van der Waals surface area contributed by atoms with Crippen LogP contribution in [0.3, 0.4) is 0 Å². The number of carbonyl (C=O) groups is 4. The fourth-order valence-electron chi connectivity index (χ4n) is 4.79. The molecule has 0 aliphatic rings. The van der Waals surface area contributed by atoms with Gasteiger partial charge >= 0.3 is 0 Å². The lowest BCUT2D eigenvalue weighted by Crippen LogP contribution is -2.56. The van der Waals surface area contributed by atoms with E-state index < -0.39 is 29.9 Å². The van der Waals surface area contributed by atoms with Gasteiger partial charge in [-0.15, -0.1) is 0 Å². The van der Waals surface area contributed by atoms with Crippen molar-refractivity contribution in [3.8, 4) is 0 Å². The summed E-state index contributed by atoms with van der Waals surface area (Å²) < 4.78 is 5.06. The van der Waals surface area contributed by atoms with Gasteiger partial charge < -0.3 is 20.7 Å². The van der Waals surface area contributed by atoms with Crippen LogP contribution in [-0.4, -0.2) is 55.3 Å². The van der Waals surface area contributed by atoms with Gasteiger partial charge in [0, 0.05) is 26.4 Å². The molecule has 0 aliphatic heterocycles. The van der Waals surface area contributed by atoms with E-state index >= 15 is 0 Å². The topological polar surface area (TPSA) is 114 Å². The lowest BCUT2D eigenvalue weighted by Gasteiger charge is -2.26. The number of hydrogen-bond donors (Lipinski definition) is 3. The summed E-state index contributed by atoms with van der Waals surface area (Å²) in [4.78, 5) is 52.9. The normalized spacial score (nSPS) is 13.3. The first-order valence-corrected chi connectivity index (χ1v) is 15.1. The minimum Gasteiger partial charge on any atom is -0.384 e. The molecule has 0 fully saturated rings. The molecule has 2 rings (SSSR count). The highest BCUT2D eigenvalue weighted by molar-refractivity contribution is 5.94. The van der Waals surface area contributed by atoms with Gasteiger partial charge in [-0.3, -0.25) is 19.2 Å². The third-order valence-electron chi connectivity index (χ3n) is 6.95. The minimum absolute atomic E-state index is 0.107. The standard InChI is InChI=1S/C34H49N3O5/c1-24(2)21-28(31(38)19-20-42-5)36-34(41)30(23-27-15-10-7-11-16-27)37-33(40)29(22-25(3)4)35-32(39)18-12-17-26-13-8-6-9-14-26/h6-11,13-16,24-25,28-30H,12,17-23H2,1-5H3,(H,35,39)(H,36,41)(H,37,40)/t28-,29-,30+/m0/s1. The lowest BCUT2D eigenvalue weighted by atomic mass is 9.97. The first-order valence-electron chi connectivity index (χ1n) is 15.1. The van der Waals surface area contributed by atoms with Crippen molar-refractivity contribution in [1.82, 2.24) is 16.0 Å². The number of benzene rings is 2. The Kier molecular flexibility index (Phi) is 15.5. The predicted octanol–water partition coefficient (Wildman–Crippen LogP) is 4.40. The summed E-state index contributed by atoms with van der Waals surface area (Å²) >= 11 is 0. The molecule has 8 nitrogen and oxygen atoms in total. The van der Waals surface area contributed by atoms with Gasteiger partial charge in [-0.25, -0.2) is 0 Å². The Bertz CT molecular complexity index is 1100. The van der Waals surface area contributed by atoms with Gasteiger partial charge in [0.25, 0.3) is 0 Å². The predicted molar refractivity (Wildman–Crippen MR) is 166 cm³/mol. The molecule has 3 amide bonds. The highest BCUT2D eigenvalue weighted by Crippen LogP contribution is 2.12. The molecule has 0 unspecified atom stereocenters. The smallest absolute Gasteiger partial charge is 0.243 e. The van der Waals surface area contributed by atoms with E-state index in [-0.39, 0.29) is 43.0 Å². The average Bonchev–Trinajstić information content (AvgIpc) is 2.95. The highest BCUT2D eigenvalue weighted by Gasteiger charge is 2.30. The number of aryl methyl sites for hydroxylation is 1. The number of rotatable bonds is 19. The maximum atomic E-state index is 13.6. The van der Waals surface area contributed by atoms with Crippen molar-refractivity contribution in [2.24, 2.45) is 11.8 Å². The zero-order valence-corrected chi connectivity index (χ0v) is 25.9. The summed E-state index contributed by atoms with van der Waals surface area (Å²) in [5.74, 6) is -0.832. The summed E-state index contributed by atoms with van der Waals surface area (Å²) in [6.45, 7) is 8.22. The van der Waals surface area contributed by atoms with Gasteiger partial charge in [0.05, 0.1) is 12.6 Å². The van der Waals surface area contributed by atoms with Crippen LogP contribution in [0.1, 0.15) is 70.9 Å². The molecule has 2 aromatic carbocycles. The number of hydrogen-bond acceptors (Lipinski definition) is 5. The van der Waals surface area contributed by atoms with Gasteiger partial charge in [-0.2, -0.15) is 0 Å². The molecule has 0 saturated heterocycles. The Morgan fingerprint density at radius 2 is 1.19 bits per heavy atom. The van der Waals surface area contributed by atoms with Gasteiger partial charge in [-0.1, -0.05) is 88.4 Å². The lowest BCUT2D eigenvalue weighted by molar-refractivity contribution is -0.134. The van der Waals surface area contributed by atoms with Crippen LogP contribution in [0.5, 0.6) is 0 Å². The van der Waals surface area contributed by atoms with Crippen molar-refractivity contribution in [3.63, 3.8) is 0 Å². The molecule has 3 N–H and O–H groups in total. The van der Waals surface area contributed by atoms with Gasteiger partial charge in [0.15, 0.2) is 5.78 Å². The van der Waals surface area contributed by atoms with Crippen molar-refractivity contribution >= 4 is 23.5 Å². The molecule has 0 aromatic heterocycles. The van der Waals surface area contributed by atoms with Crippen LogP contribution < -0.4 is 16.0 Å². The first-order chi connectivity index (χ1) is 20.1. The number of ether oxygens (including phenoxy) is 1. The number of carbonyl (C=O) groups excluding carboxylic acids is 4. The fourth-order valence-corrected chi connectivity index (χ4v) is 4.79. The molecule has 8 heteroatoms. The van der Waals surface area contributed by atoms with Gasteiger partial charge in [0.1, 0.15) is 12.1 Å². The summed E-state index contributed by atoms with van der Waals surface area (Å²) in [5.41, 5.74) is 2.03. The number of amides is 3. The summed E-state index contributed by atoms with van der Waals surface area (Å²) in [6, 6.07) is 17.0. The molecule has 0 bridgehead atoms. The van der Waals surface area contributed by atoms with E-state index in [1.165, 1.54) is 7.11 Å². The number of ketones is 1. The van der Waals surface area contributed by atoms with E-state index in [2.05, 4.69) is 16.0 Å². The largest absolute Gasteiger partial charge is 0.384 e. The van der Waals surface area contributed by atoms with Crippen molar-refractivity contribution in [1.29, 1.82) is 0 Å². The molecular formula is C34H49N3O5. The van der Waals surface area contributed by atoms with E-state index in [1.807, 2.05) is 88.4 Å². The molecule has 0 aliphatic carbocycles. The Morgan fingerprint density at radius 3 is 1.76 bits per heavy atom. The van der Waals surface area contributed by atoms with E-state index in [1.54, 1.807) is 0 Å². The van der Waals surface area contributed by atoms with Crippen LogP contribution >= 0.6 is 0 Å².